The Morgan fingerprint density at radius 1 is 1.24 bits per heavy atom. The van der Waals surface area contributed by atoms with Crippen molar-refractivity contribution in [1.82, 2.24) is 9.88 Å². The number of hydrogen-bond acceptors (Lipinski definition) is 5. The largest absolute Gasteiger partial charge is 0.494 e. The topological polar surface area (TPSA) is 101 Å². The van der Waals surface area contributed by atoms with Crippen LogP contribution in [0.5, 0.6) is 11.8 Å². The van der Waals surface area contributed by atoms with Crippen LogP contribution in [-0.4, -0.2) is 38.3 Å². The monoisotopic (exact) mass is 354 g/mol. The summed E-state index contributed by atoms with van der Waals surface area (Å²) in [6, 6.07) is -0.860. The average molecular weight is 354 g/mol. The zero-order valence-electron chi connectivity index (χ0n) is 16.1. The summed E-state index contributed by atoms with van der Waals surface area (Å²) in [6.07, 6.45) is 0.864. The molecule has 0 spiro atoms. The van der Waals surface area contributed by atoms with Crippen molar-refractivity contribution in [2.75, 3.05) is 0 Å². The van der Waals surface area contributed by atoms with E-state index in [0.717, 1.165) is 11.0 Å². The summed E-state index contributed by atoms with van der Waals surface area (Å²) in [5, 5.41) is 22.8. The van der Waals surface area contributed by atoms with Crippen molar-refractivity contribution in [3.8, 4) is 11.8 Å². The minimum absolute atomic E-state index is 0.0176. The quantitative estimate of drug-likeness (QED) is 0.681. The number of alkyl carbamates (subject to hydrolysis) is 1. The van der Waals surface area contributed by atoms with Gasteiger partial charge in [-0.2, -0.15) is 0 Å². The van der Waals surface area contributed by atoms with E-state index in [4.69, 9.17) is 4.74 Å². The van der Waals surface area contributed by atoms with Crippen LogP contribution in [0.15, 0.2) is 0 Å². The molecule has 1 aromatic rings. The molecule has 2 unspecified atom stereocenters. The van der Waals surface area contributed by atoms with Crippen LogP contribution in [0, 0.1) is 12.8 Å². The molecule has 0 aromatic carbocycles. The molecular formula is C18H30N2O5. The molecule has 0 saturated carbocycles. The fourth-order valence-electron chi connectivity index (χ4n) is 2.77. The molecule has 0 bridgehead atoms. The van der Waals surface area contributed by atoms with Gasteiger partial charge in [-0.15, -0.1) is 0 Å². The standard InChI is InChI=1S/C18H30N2O5/c1-8-9-10(2)13(19-17(24)25-18(4,5)6)14(21)12-11(3)15(22)20(7)16(12)23/h10,13,22-23H,8-9H2,1-7H3,(H,19,24). The number of hydrogen-bond donors (Lipinski definition) is 3. The van der Waals surface area contributed by atoms with Crippen LogP contribution in [0.2, 0.25) is 0 Å². The van der Waals surface area contributed by atoms with Crippen LogP contribution in [0.25, 0.3) is 0 Å². The third-order valence-corrected chi connectivity index (χ3v) is 4.08. The Labute approximate surface area is 149 Å². The molecule has 0 radical (unpaired) electrons. The van der Waals surface area contributed by atoms with E-state index in [1.54, 1.807) is 27.7 Å². The van der Waals surface area contributed by atoms with E-state index in [2.05, 4.69) is 5.32 Å². The van der Waals surface area contributed by atoms with E-state index in [9.17, 15) is 19.8 Å². The highest BCUT2D eigenvalue weighted by Gasteiger charge is 2.34. The molecule has 0 aliphatic carbocycles. The number of ether oxygens (including phenoxy) is 1. The van der Waals surface area contributed by atoms with E-state index < -0.39 is 23.5 Å². The van der Waals surface area contributed by atoms with Gasteiger partial charge in [0, 0.05) is 12.6 Å². The second kappa shape index (κ2) is 7.80. The molecule has 7 nitrogen and oxygen atoms in total. The van der Waals surface area contributed by atoms with Gasteiger partial charge in [0.25, 0.3) is 0 Å². The maximum absolute atomic E-state index is 13.0. The number of carbonyl (C=O) groups is 2. The first kappa shape index (κ1) is 20.9. The first-order valence-electron chi connectivity index (χ1n) is 8.51. The minimum Gasteiger partial charge on any atom is -0.494 e. The van der Waals surface area contributed by atoms with Gasteiger partial charge in [0.15, 0.2) is 11.7 Å². The number of amides is 1. The van der Waals surface area contributed by atoms with E-state index >= 15 is 0 Å². The van der Waals surface area contributed by atoms with Crippen molar-refractivity contribution in [3.05, 3.63) is 11.1 Å². The molecule has 1 heterocycles. The van der Waals surface area contributed by atoms with Crippen LogP contribution in [0.1, 0.15) is 63.4 Å². The van der Waals surface area contributed by atoms with E-state index in [1.165, 1.54) is 7.05 Å². The lowest BCUT2D eigenvalue weighted by atomic mass is 9.90. The summed E-state index contributed by atoms with van der Waals surface area (Å²) in [6.45, 7) is 10.6. The zero-order chi connectivity index (χ0) is 19.5. The lowest BCUT2D eigenvalue weighted by Crippen LogP contribution is -2.47. The summed E-state index contributed by atoms with van der Waals surface area (Å²) >= 11 is 0. The minimum atomic E-state index is -0.860. The number of ketones is 1. The second-order valence-corrected chi connectivity index (χ2v) is 7.46. The molecule has 2 atom stereocenters. The third-order valence-electron chi connectivity index (χ3n) is 4.08. The zero-order valence-corrected chi connectivity index (χ0v) is 16.1. The van der Waals surface area contributed by atoms with E-state index in [1.807, 2.05) is 13.8 Å². The highest BCUT2D eigenvalue weighted by molar-refractivity contribution is 6.05. The number of aromatic hydroxyl groups is 2. The number of rotatable bonds is 6. The molecular weight excluding hydrogens is 324 g/mol. The molecule has 0 aliphatic rings. The van der Waals surface area contributed by atoms with Crippen molar-refractivity contribution >= 4 is 11.9 Å². The number of aromatic nitrogens is 1. The van der Waals surface area contributed by atoms with Crippen LogP contribution in [0.4, 0.5) is 4.79 Å². The summed E-state index contributed by atoms with van der Waals surface area (Å²) in [4.78, 5) is 25.2. The van der Waals surface area contributed by atoms with Crippen LogP contribution >= 0.6 is 0 Å². The Hall–Kier alpha value is -2.18. The van der Waals surface area contributed by atoms with Crippen molar-refractivity contribution in [3.63, 3.8) is 0 Å². The van der Waals surface area contributed by atoms with Crippen molar-refractivity contribution in [2.24, 2.45) is 13.0 Å². The molecule has 0 fully saturated rings. The molecule has 7 heteroatoms. The molecule has 3 N–H and O–H groups in total. The number of carbonyl (C=O) groups excluding carboxylic acids is 2. The number of nitrogens with one attached hydrogen (secondary N) is 1. The SMILES string of the molecule is CCCC(C)C(NC(=O)OC(C)(C)C)C(=O)c1c(C)c(O)n(C)c1O. The van der Waals surface area contributed by atoms with Crippen LogP contribution < -0.4 is 5.32 Å². The summed E-state index contributed by atoms with van der Waals surface area (Å²) in [7, 11) is 1.46. The number of Topliss-reactive ketones (excluding diaryl/α,β-unsaturated/α-hetero) is 1. The maximum Gasteiger partial charge on any atom is 0.408 e. The van der Waals surface area contributed by atoms with Crippen LogP contribution in [0.3, 0.4) is 0 Å². The lowest BCUT2D eigenvalue weighted by Gasteiger charge is -2.26. The first-order chi connectivity index (χ1) is 11.4. The molecule has 25 heavy (non-hydrogen) atoms. The Morgan fingerprint density at radius 3 is 2.20 bits per heavy atom. The van der Waals surface area contributed by atoms with Gasteiger partial charge in [-0.1, -0.05) is 20.3 Å². The Balaban J connectivity index is 3.18. The predicted octanol–water partition coefficient (Wildman–Crippen LogP) is 3.26. The maximum atomic E-state index is 13.0. The Kier molecular flexibility index (Phi) is 6.51. The van der Waals surface area contributed by atoms with E-state index in [0.29, 0.717) is 6.42 Å². The lowest BCUT2D eigenvalue weighted by molar-refractivity contribution is 0.0470. The average Bonchev–Trinajstić information content (AvgIpc) is 2.66. The third kappa shape index (κ3) is 4.90. The molecule has 1 rings (SSSR count). The van der Waals surface area contributed by atoms with Crippen molar-refractivity contribution in [1.29, 1.82) is 0 Å². The van der Waals surface area contributed by atoms with Gasteiger partial charge in [0.05, 0.1) is 11.6 Å². The van der Waals surface area contributed by atoms with Crippen molar-refractivity contribution < 1.29 is 24.5 Å². The second-order valence-electron chi connectivity index (χ2n) is 7.46. The van der Waals surface area contributed by atoms with Gasteiger partial charge < -0.3 is 20.3 Å². The highest BCUT2D eigenvalue weighted by atomic mass is 16.6. The summed E-state index contributed by atoms with van der Waals surface area (Å²) < 4.78 is 6.39. The molecule has 0 saturated heterocycles. The van der Waals surface area contributed by atoms with Gasteiger partial charge in [-0.25, -0.2) is 4.79 Å². The predicted molar refractivity (Wildman–Crippen MR) is 95.0 cm³/mol. The molecule has 142 valence electrons. The molecule has 0 aliphatic heterocycles. The van der Waals surface area contributed by atoms with Gasteiger partial charge in [-0.05, 0) is 40.0 Å². The smallest absolute Gasteiger partial charge is 0.408 e. The number of nitrogens with zero attached hydrogens (tertiary/aromatic N) is 1. The highest BCUT2D eigenvalue weighted by Crippen LogP contribution is 2.33. The summed E-state index contributed by atoms with van der Waals surface area (Å²) in [5.41, 5.74) is -0.386. The van der Waals surface area contributed by atoms with Crippen LogP contribution in [-0.2, 0) is 11.8 Å². The fourth-order valence-corrected chi connectivity index (χ4v) is 2.77. The first-order valence-corrected chi connectivity index (χ1v) is 8.51. The Morgan fingerprint density at radius 2 is 1.80 bits per heavy atom. The summed E-state index contributed by atoms with van der Waals surface area (Å²) in [5.74, 6) is -1.11. The Bertz CT molecular complexity index is 617. The van der Waals surface area contributed by atoms with E-state index in [-0.39, 0.29) is 28.8 Å². The van der Waals surface area contributed by atoms with Crippen molar-refractivity contribution in [2.45, 2.75) is 66.0 Å². The van der Waals surface area contributed by atoms with Gasteiger partial charge in [0.2, 0.25) is 5.88 Å². The molecule has 1 amide bonds. The van der Waals surface area contributed by atoms with Gasteiger partial charge in [-0.3, -0.25) is 9.36 Å². The fraction of sp³-hybridized carbons (Fsp3) is 0.667. The molecule has 1 aromatic heterocycles. The van der Waals surface area contributed by atoms with Gasteiger partial charge in [0.1, 0.15) is 5.60 Å². The van der Waals surface area contributed by atoms with Gasteiger partial charge >= 0.3 is 6.09 Å². The normalized spacial score (nSPS) is 14.0.